The van der Waals surface area contributed by atoms with Crippen molar-refractivity contribution < 1.29 is 9.69 Å². The molecule has 1 aromatic heterocycles. The monoisotopic (exact) mass is 428 g/mol. The Morgan fingerprint density at radius 2 is 1.93 bits per heavy atom. The van der Waals surface area contributed by atoms with Crippen LogP contribution in [0.4, 0.5) is 5.82 Å². The van der Waals surface area contributed by atoms with Gasteiger partial charge < -0.3 is 15.1 Å². The van der Waals surface area contributed by atoms with Crippen LogP contribution in [0.2, 0.25) is 0 Å². The molecule has 2 heterocycles. The smallest absolute Gasteiger partial charge is 0.251 e. The second-order valence-corrected chi connectivity index (χ2v) is 9.88. The summed E-state index contributed by atoms with van der Waals surface area (Å²) in [7, 11) is 2.24. The third-order valence-electron chi connectivity index (χ3n) is 5.30. The van der Waals surface area contributed by atoms with E-state index in [-0.39, 0.29) is 11.3 Å². The Morgan fingerprint density at radius 1 is 1.20 bits per heavy atom. The molecule has 3 rings (SSSR count). The van der Waals surface area contributed by atoms with Gasteiger partial charge in [0.2, 0.25) is 0 Å². The summed E-state index contributed by atoms with van der Waals surface area (Å²) in [5, 5.41) is 3.65. The SMILES string of the molecule is CCNC(=O)c1cccc(CSc2nc(N3CC[NH+](C)CC3)cc(C(C)(C)C)n2)c1. The zero-order chi connectivity index (χ0) is 21.7. The molecule has 0 radical (unpaired) electrons. The summed E-state index contributed by atoms with van der Waals surface area (Å²) in [6.07, 6.45) is 0. The standard InChI is InChI=1S/C23H33N5OS/c1-6-24-21(29)18-9-7-8-17(14-18)16-30-22-25-19(23(2,3)4)15-20(26-22)28-12-10-27(5)11-13-28/h7-9,14-15H,6,10-13,16H2,1-5H3,(H,24,29)/p+1. The van der Waals surface area contributed by atoms with Gasteiger partial charge in [0.15, 0.2) is 5.16 Å². The first-order valence-electron chi connectivity index (χ1n) is 10.7. The van der Waals surface area contributed by atoms with Crippen molar-refractivity contribution in [2.24, 2.45) is 0 Å². The van der Waals surface area contributed by atoms with Gasteiger partial charge in [-0.05, 0) is 24.6 Å². The third kappa shape index (κ3) is 5.95. The first kappa shape index (κ1) is 22.6. The number of amides is 1. The van der Waals surface area contributed by atoms with Gasteiger partial charge in [-0.15, -0.1) is 0 Å². The highest BCUT2D eigenvalue weighted by Gasteiger charge is 2.23. The van der Waals surface area contributed by atoms with E-state index in [1.165, 1.54) is 0 Å². The molecule has 30 heavy (non-hydrogen) atoms. The number of rotatable bonds is 6. The topological polar surface area (TPSA) is 62.6 Å². The molecule has 1 aliphatic rings. The fourth-order valence-electron chi connectivity index (χ4n) is 3.35. The molecule has 1 aliphatic heterocycles. The first-order valence-corrected chi connectivity index (χ1v) is 11.7. The van der Waals surface area contributed by atoms with E-state index in [1.54, 1.807) is 16.7 Å². The molecule has 1 fully saturated rings. The molecule has 162 valence electrons. The average Bonchev–Trinajstić information content (AvgIpc) is 2.72. The van der Waals surface area contributed by atoms with Crippen LogP contribution < -0.4 is 15.1 Å². The predicted octanol–water partition coefficient (Wildman–Crippen LogP) is 2.15. The summed E-state index contributed by atoms with van der Waals surface area (Å²) in [5.74, 6) is 1.73. The maximum absolute atomic E-state index is 12.1. The molecule has 1 saturated heterocycles. The van der Waals surface area contributed by atoms with E-state index in [9.17, 15) is 4.79 Å². The summed E-state index contributed by atoms with van der Waals surface area (Å²) in [5.41, 5.74) is 2.82. The Bertz CT molecular complexity index is 872. The Labute approximate surface area is 184 Å². The van der Waals surface area contributed by atoms with Gasteiger partial charge in [-0.2, -0.15) is 0 Å². The average molecular weight is 429 g/mol. The van der Waals surface area contributed by atoms with Crippen molar-refractivity contribution in [3.05, 3.63) is 47.2 Å². The van der Waals surface area contributed by atoms with Crippen molar-refractivity contribution in [3.63, 3.8) is 0 Å². The summed E-state index contributed by atoms with van der Waals surface area (Å²) in [6, 6.07) is 9.94. The zero-order valence-corrected chi connectivity index (χ0v) is 19.6. The lowest BCUT2D eigenvalue weighted by Crippen LogP contribution is -3.12. The number of piperazine rings is 1. The minimum atomic E-state index is -0.0387. The number of benzene rings is 1. The lowest BCUT2D eigenvalue weighted by atomic mass is 9.92. The Morgan fingerprint density at radius 3 is 2.60 bits per heavy atom. The van der Waals surface area contributed by atoms with Crippen LogP contribution in [0.25, 0.3) is 0 Å². The van der Waals surface area contributed by atoms with Crippen LogP contribution >= 0.6 is 11.8 Å². The van der Waals surface area contributed by atoms with Crippen molar-refractivity contribution >= 4 is 23.5 Å². The highest BCUT2D eigenvalue weighted by atomic mass is 32.2. The highest BCUT2D eigenvalue weighted by Crippen LogP contribution is 2.28. The molecular weight excluding hydrogens is 394 g/mol. The lowest BCUT2D eigenvalue weighted by Gasteiger charge is -2.31. The minimum Gasteiger partial charge on any atom is -0.352 e. The number of likely N-dealkylation sites (N-methyl/N-ethyl adjacent to an activating group) is 1. The van der Waals surface area contributed by atoms with Crippen LogP contribution in [0.15, 0.2) is 35.5 Å². The van der Waals surface area contributed by atoms with E-state index in [1.807, 2.05) is 31.2 Å². The third-order valence-corrected chi connectivity index (χ3v) is 6.21. The first-order chi connectivity index (χ1) is 14.3. The molecule has 1 aromatic carbocycles. The van der Waals surface area contributed by atoms with Gasteiger partial charge >= 0.3 is 0 Å². The van der Waals surface area contributed by atoms with Crippen LogP contribution in [-0.4, -0.2) is 55.6 Å². The van der Waals surface area contributed by atoms with Gasteiger partial charge in [-0.25, -0.2) is 9.97 Å². The number of hydrogen-bond donors (Lipinski definition) is 2. The van der Waals surface area contributed by atoms with Crippen molar-refractivity contribution in [1.82, 2.24) is 15.3 Å². The minimum absolute atomic E-state index is 0.0326. The van der Waals surface area contributed by atoms with Crippen LogP contribution in [0.5, 0.6) is 0 Å². The second kappa shape index (κ2) is 9.79. The van der Waals surface area contributed by atoms with E-state index in [4.69, 9.17) is 9.97 Å². The Hall–Kier alpha value is -2.12. The molecule has 0 saturated carbocycles. The normalized spacial score (nSPS) is 15.3. The molecule has 0 unspecified atom stereocenters. The summed E-state index contributed by atoms with van der Waals surface area (Å²) >= 11 is 1.63. The fraction of sp³-hybridized carbons (Fsp3) is 0.522. The second-order valence-electron chi connectivity index (χ2n) is 8.94. The highest BCUT2D eigenvalue weighted by molar-refractivity contribution is 7.98. The number of nitrogens with one attached hydrogen (secondary N) is 2. The molecule has 0 aliphatic carbocycles. The molecule has 7 heteroatoms. The van der Waals surface area contributed by atoms with E-state index < -0.39 is 0 Å². The lowest BCUT2D eigenvalue weighted by molar-refractivity contribution is -0.880. The molecule has 0 atom stereocenters. The number of thioether (sulfide) groups is 1. The van der Waals surface area contributed by atoms with Gasteiger partial charge in [0.25, 0.3) is 5.91 Å². The Kier molecular flexibility index (Phi) is 7.36. The molecule has 0 spiro atoms. The quantitative estimate of drug-likeness (QED) is 0.545. The van der Waals surface area contributed by atoms with E-state index in [0.29, 0.717) is 12.1 Å². The van der Waals surface area contributed by atoms with Crippen LogP contribution in [0, 0.1) is 0 Å². The number of carbonyl (C=O) groups excluding carboxylic acids is 1. The summed E-state index contributed by atoms with van der Waals surface area (Å²) in [4.78, 5) is 25.8. The van der Waals surface area contributed by atoms with Crippen LogP contribution in [0.3, 0.4) is 0 Å². The molecule has 1 amide bonds. The maximum Gasteiger partial charge on any atom is 0.251 e. The van der Waals surface area contributed by atoms with Gasteiger partial charge in [0, 0.05) is 29.3 Å². The molecule has 0 bridgehead atoms. The van der Waals surface area contributed by atoms with Gasteiger partial charge in [-0.3, -0.25) is 4.79 Å². The molecular formula is C23H34N5OS+. The van der Waals surface area contributed by atoms with E-state index in [2.05, 4.69) is 44.1 Å². The van der Waals surface area contributed by atoms with Crippen molar-refractivity contribution in [2.45, 2.75) is 44.0 Å². The van der Waals surface area contributed by atoms with Crippen molar-refractivity contribution in [1.29, 1.82) is 0 Å². The van der Waals surface area contributed by atoms with Crippen LogP contribution in [0.1, 0.15) is 49.3 Å². The maximum atomic E-state index is 12.1. The van der Waals surface area contributed by atoms with Crippen molar-refractivity contribution in [3.8, 4) is 0 Å². The largest absolute Gasteiger partial charge is 0.352 e. The molecule has 6 nitrogen and oxygen atoms in total. The van der Waals surface area contributed by atoms with Gasteiger partial charge in [-0.1, -0.05) is 44.7 Å². The number of aromatic nitrogens is 2. The van der Waals surface area contributed by atoms with Gasteiger partial charge in [0.1, 0.15) is 5.82 Å². The Balaban J connectivity index is 1.79. The summed E-state index contributed by atoms with van der Waals surface area (Å²) < 4.78 is 0. The zero-order valence-electron chi connectivity index (χ0n) is 18.8. The molecule has 2 aromatic rings. The summed E-state index contributed by atoms with van der Waals surface area (Å²) in [6.45, 7) is 13.4. The predicted molar refractivity (Wildman–Crippen MR) is 124 cm³/mol. The number of anilines is 1. The number of nitrogens with zero attached hydrogens (tertiary/aromatic N) is 3. The fourth-order valence-corrected chi connectivity index (χ4v) is 4.15. The number of hydrogen-bond acceptors (Lipinski definition) is 5. The van der Waals surface area contributed by atoms with Crippen molar-refractivity contribution in [2.75, 3.05) is 44.7 Å². The van der Waals surface area contributed by atoms with Crippen LogP contribution in [-0.2, 0) is 11.2 Å². The molecule has 2 N–H and O–H groups in total. The number of carbonyl (C=O) groups is 1. The van der Waals surface area contributed by atoms with E-state index >= 15 is 0 Å². The van der Waals surface area contributed by atoms with Gasteiger partial charge in [0.05, 0.1) is 38.9 Å². The van der Waals surface area contributed by atoms with E-state index in [0.717, 1.165) is 54.2 Å². The number of quaternary nitrogens is 1.